The molecule has 1 aromatic carbocycles. The Morgan fingerprint density at radius 2 is 2.11 bits per heavy atom. The van der Waals surface area contributed by atoms with Crippen LogP contribution in [-0.4, -0.2) is 17.1 Å². The average molecular weight is 325 g/mol. The third-order valence-electron chi connectivity index (χ3n) is 2.30. The van der Waals surface area contributed by atoms with Crippen LogP contribution in [0.15, 0.2) is 44.9 Å². The maximum atomic E-state index is 5.21. The molecule has 0 aliphatic heterocycles. The Bertz CT molecular complexity index is 548. The molecule has 0 aliphatic rings. The van der Waals surface area contributed by atoms with Gasteiger partial charge >= 0.3 is 0 Å². The molecular weight excluding hydrogens is 312 g/mol. The zero-order valence-electron chi connectivity index (χ0n) is 10.2. The van der Waals surface area contributed by atoms with Gasteiger partial charge in [-0.05, 0) is 34.1 Å². The van der Waals surface area contributed by atoms with Crippen molar-refractivity contribution < 1.29 is 4.74 Å². The van der Waals surface area contributed by atoms with Crippen molar-refractivity contribution in [2.24, 2.45) is 0 Å². The topological polar surface area (TPSA) is 35.0 Å². The van der Waals surface area contributed by atoms with Gasteiger partial charge in [0, 0.05) is 17.4 Å². The minimum atomic E-state index is 0.819. The van der Waals surface area contributed by atoms with E-state index in [1.165, 1.54) is 0 Å². The minimum absolute atomic E-state index is 0.819. The van der Waals surface area contributed by atoms with Crippen LogP contribution in [0.2, 0.25) is 0 Å². The molecule has 0 spiro atoms. The van der Waals surface area contributed by atoms with Crippen molar-refractivity contribution >= 4 is 27.7 Å². The number of nitrogens with zero attached hydrogens (tertiary/aromatic N) is 2. The first-order chi connectivity index (χ1) is 8.71. The molecule has 1 aromatic heterocycles. The van der Waals surface area contributed by atoms with Crippen LogP contribution in [0.1, 0.15) is 12.7 Å². The summed E-state index contributed by atoms with van der Waals surface area (Å²) >= 11 is 5.01. The Labute approximate surface area is 119 Å². The Morgan fingerprint density at radius 1 is 1.28 bits per heavy atom. The highest BCUT2D eigenvalue weighted by molar-refractivity contribution is 9.10. The van der Waals surface area contributed by atoms with E-state index in [1.807, 2.05) is 37.3 Å². The van der Waals surface area contributed by atoms with Crippen LogP contribution in [0.5, 0.6) is 5.75 Å². The summed E-state index contributed by atoms with van der Waals surface area (Å²) in [5.41, 5.74) is 0. The first-order valence-electron chi connectivity index (χ1n) is 5.56. The van der Waals surface area contributed by atoms with E-state index in [4.69, 9.17) is 4.74 Å². The minimum Gasteiger partial charge on any atom is -0.497 e. The molecule has 94 valence electrons. The third kappa shape index (κ3) is 3.46. The predicted molar refractivity (Wildman–Crippen MR) is 76.2 cm³/mol. The van der Waals surface area contributed by atoms with Crippen molar-refractivity contribution in [2.75, 3.05) is 7.11 Å². The molecule has 0 N–H and O–H groups in total. The van der Waals surface area contributed by atoms with Gasteiger partial charge in [0.15, 0.2) is 0 Å². The Balaban J connectivity index is 2.24. The lowest BCUT2D eigenvalue weighted by Gasteiger charge is -2.05. The maximum Gasteiger partial charge on any atom is 0.130 e. The smallest absolute Gasteiger partial charge is 0.130 e. The van der Waals surface area contributed by atoms with Gasteiger partial charge < -0.3 is 4.74 Å². The van der Waals surface area contributed by atoms with Gasteiger partial charge in [0.2, 0.25) is 0 Å². The van der Waals surface area contributed by atoms with Crippen molar-refractivity contribution in [1.82, 2.24) is 9.97 Å². The molecular formula is C13H13BrN2OS. The van der Waals surface area contributed by atoms with Crippen LogP contribution < -0.4 is 4.74 Å². The number of rotatable bonds is 4. The van der Waals surface area contributed by atoms with E-state index >= 15 is 0 Å². The molecule has 2 rings (SSSR count). The summed E-state index contributed by atoms with van der Waals surface area (Å²) in [6, 6.07) is 9.85. The summed E-state index contributed by atoms with van der Waals surface area (Å²) < 4.78 is 6.03. The van der Waals surface area contributed by atoms with Gasteiger partial charge in [-0.3, -0.25) is 0 Å². The zero-order chi connectivity index (χ0) is 13.0. The van der Waals surface area contributed by atoms with Crippen molar-refractivity contribution in [3.63, 3.8) is 0 Å². The van der Waals surface area contributed by atoms with Crippen LogP contribution >= 0.6 is 27.7 Å². The van der Waals surface area contributed by atoms with Gasteiger partial charge in [-0.1, -0.05) is 24.8 Å². The van der Waals surface area contributed by atoms with Crippen molar-refractivity contribution in [1.29, 1.82) is 0 Å². The first-order valence-corrected chi connectivity index (χ1v) is 7.17. The number of halogens is 1. The van der Waals surface area contributed by atoms with Gasteiger partial charge in [-0.15, -0.1) is 0 Å². The van der Waals surface area contributed by atoms with E-state index in [2.05, 4.69) is 25.9 Å². The molecule has 0 aliphatic carbocycles. The summed E-state index contributed by atoms with van der Waals surface area (Å²) in [5.74, 6) is 1.69. The molecule has 0 saturated heterocycles. The molecule has 18 heavy (non-hydrogen) atoms. The van der Waals surface area contributed by atoms with Crippen LogP contribution in [0.3, 0.4) is 0 Å². The van der Waals surface area contributed by atoms with E-state index in [0.717, 1.165) is 32.5 Å². The molecule has 0 fully saturated rings. The number of hydrogen-bond acceptors (Lipinski definition) is 4. The highest BCUT2D eigenvalue weighted by Gasteiger charge is 2.04. The number of hydrogen-bond donors (Lipinski definition) is 0. The third-order valence-corrected chi connectivity index (χ3v) is 3.61. The summed E-state index contributed by atoms with van der Waals surface area (Å²) in [6.07, 6.45) is 0.825. The summed E-state index contributed by atoms with van der Waals surface area (Å²) in [5, 5.41) is 0.932. The number of aromatic nitrogens is 2. The normalized spacial score (nSPS) is 10.4. The molecule has 0 unspecified atom stereocenters. The zero-order valence-corrected chi connectivity index (χ0v) is 12.6. The quantitative estimate of drug-likeness (QED) is 0.797. The summed E-state index contributed by atoms with van der Waals surface area (Å²) in [6.45, 7) is 2.04. The summed E-state index contributed by atoms with van der Waals surface area (Å²) in [7, 11) is 1.67. The van der Waals surface area contributed by atoms with Crippen LogP contribution in [0.25, 0.3) is 0 Å². The molecule has 0 radical (unpaired) electrons. The van der Waals surface area contributed by atoms with Gasteiger partial charge in [0.1, 0.15) is 21.2 Å². The second-order valence-corrected chi connectivity index (χ2v) is 5.49. The Morgan fingerprint density at radius 3 is 2.83 bits per heavy atom. The lowest BCUT2D eigenvalue weighted by molar-refractivity contribution is 0.413. The monoisotopic (exact) mass is 324 g/mol. The number of methoxy groups -OCH3 is 1. The largest absolute Gasteiger partial charge is 0.497 e. The van der Waals surface area contributed by atoms with E-state index in [0.29, 0.717) is 0 Å². The number of aryl methyl sites for hydroxylation is 1. The maximum absolute atomic E-state index is 5.21. The molecule has 1 heterocycles. The van der Waals surface area contributed by atoms with Crippen LogP contribution in [0.4, 0.5) is 0 Å². The molecule has 2 aromatic rings. The van der Waals surface area contributed by atoms with E-state index < -0.39 is 0 Å². The van der Waals surface area contributed by atoms with Crippen molar-refractivity contribution in [3.05, 3.63) is 40.8 Å². The number of ether oxygens (including phenoxy) is 1. The SMILES string of the molecule is CCc1nc(Br)cc(Sc2cccc(OC)c2)n1. The number of benzene rings is 1. The summed E-state index contributed by atoms with van der Waals surface area (Å²) in [4.78, 5) is 9.88. The van der Waals surface area contributed by atoms with Gasteiger partial charge in [0.05, 0.1) is 7.11 Å². The highest BCUT2D eigenvalue weighted by atomic mass is 79.9. The standard InChI is InChI=1S/C13H13BrN2OS/c1-3-12-15-11(14)8-13(16-12)18-10-6-4-5-9(7-10)17-2/h4-8H,3H2,1-2H3. The van der Waals surface area contributed by atoms with Gasteiger partial charge in [-0.25, -0.2) is 9.97 Å². The fourth-order valence-corrected chi connectivity index (χ4v) is 2.90. The van der Waals surface area contributed by atoms with E-state index in [9.17, 15) is 0 Å². The lowest BCUT2D eigenvalue weighted by Crippen LogP contribution is -1.94. The van der Waals surface area contributed by atoms with Crippen LogP contribution in [0, 0.1) is 0 Å². The fourth-order valence-electron chi connectivity index (χ4n) is 1.44. The predicted octanol–water partition coefficient (Wildman–Crippen LogP) is 3.96. The second kappa shape index (κ2) is 6.20. The molecule has 0 saturated carbocycles. The Kier molecular flexibility index (Phi) is 4.60. The van der Waals surface area contributed by atoms with Gasteiger partial charge in [-0.2, -0.15) is 0 Å². The second-order valence-electron chi connectivity index (χ2n) is 3.58. The Hall–Kier alpha value is -1.07. The van der Waals surface area contributed by atoms with Crippen LogP contribution in [-0.2, 0) is 6.42 Å². The lowest BCUT2D eigenvalue weighted by atomic mass is 10.3. The van der Waals surface area contributed by atoms with Crippen molar-refractivity contribution in [3.8, 4) is 5.75 Å². The highest BCUT2D eigenvalue weighted by Crippen LogP contribution is 2.29. The van der Waals surface area contributed by atoms with E-state index in [1.54, 1.807) is 18.9 Å². The average Bonchev–Trinajstić information content (AvgIpc) is 2.38. The molecule has 0 atom stereocenters. The first kappa shape index (κ1) is 13.4. The fraction of sp³-hybridized carbons (Fsp3) is 0.231. The molecule has 3 nitrogen and oxygen atoms in total. The van der Waals surface area contributed by atoms with Crippen molar-refractivity contribution in [2.45, 2.75) is 23.3 Å². The molecule has 0 amide bonds. The van der Waals surface area contributed by atoms with E-state index in [-0.39, 0.29) is 0 Å². The molecule has 0 bridgehead atoms. The molecule has 5 heteroatoms. The van der Waals surface area contributed by atoms with Gasteiger partial charge in [0.25, 0.3) is 0 Å².